The van der Waals surface area contributed by atoms with Gasteiger partial charge in [0.1, 0.15) is 11.5 Å². The quantitative estimate of drug-likeness (QED) is 0.685. The van der Waals surface area contributed by atoms with E-state index >= 15 is 0 Å². The van der Waals surface area contributed by atoms with Gasteiger partial charge in [0, 0.05) is 31.4 Å². The number of carbonyl (C=O) groups is 1. The van der Waals surface area contributed by atoms with Crippen molar-refractivity contribution in [2.75, 3.05) is 36.2 Å². The summed E-state index contributed by atoms with van der Waals surface area (Å²) in [5.74, 6) is 1.65. The molecule has 0 spiro atoms. The second-order valence-corrected chi connectivity index (χ2v) is 7.26. The number of anilines is 2. The second kappa shape index (κ2) is 7.31. The third-order valence-electron chi connectivity index (χ3n) is 5.22. The van der Waals surface area contributed by atoms with E-state index < -0.39 is 0 Å². The Morgan fingerprint density at radius 3 is 2.86 bits per heavy atom. The van der Waals surface area contributed by atoms with Crippen LogP contribution in [0.15, 0.2) is 48.7 Å². The predicted molar refractivity (Wildman–Crippen MR) is 110 cm³/mol. The van der Waals surface area contributed by atoms with Gasteiger partial charge < -0.3 is 9.64 Å². The fourth-order valence-corrected chi connectivity index (χ4v) is 3.76. The highest BCUT2D eigenvalue weighted by Crippen LogP contribution is 2.28. The molecule has 1 fully saturated rings. The molecule has 1 N–H and O–H groups in total. The summed E-state index contributed by atoms with van der Waals surface area (Å²) in [7, 11) is 0. The minimum Gasteiger partial charge on any atom is -0.378 e. The molecular weight excluding hydrogens is 368 g/mol. The van der Waals surface area contributed by atoms with E-state index in [1.54, 1.807) is 10.6 Å². The molecule has 2 aliphatic heterocycles. The molecule has 8 heteroatoms. The van der Waals surface area contributed by atoms with E-state index in [9.17, 15) is 4.79 Å². The van der Waals surface area contributed by atoms with Crippen LogP contribution in [0.2, 0.25) is 0 Å². The number of aryl methyl sites for hydroxylation is 1. The molecule has 2 aromatic heterocycles. The first-order valence-electron chi connectivity index (χ1n) is 9.70. The Morgan fingerprint density at radius 1 is 1.21 bits per heavy atom. The summed E-state index contributed by atoms with van der Waals surface area (Å²) in [4.78, 5) is 18.2. The summed E-state index contributed by atoms with van der Waals surface area (Å²) in [6, 6.07) is 12.2. The summed E-state index contributed by atoms with van der Waals surface area (Å²) in [6.45, 7) is 4.96. The molecular formula is C21H22N6O2. The lowest BCUT2D eigenvalue weighted by Crippen LogP contribution is -2.38. The van der Waals surface area contributed by atoms with E-state index in [1.165, 1.54) is 11.1 Å². The third-order valence-corrected chi connectivity index (χ3v) is 5.22. The minimum absolute atomic E-state index is 0.0789. The third kappa shape index (κ3) is 3.37. The van der Waals surface area contributed by atoms with E-state index in [0.29, 0.717) is 24.6 Å². The van der Waals surface area contributed by atoms with Crippen LogP contribution in [0.3, 0.4) is 0 Å². The number of hydrogen-bond acceptors (Lipinski definition) is 7. The molecule has 0 aliphatic carbocycles. The number of fused-ring (bicyclic) bond motifs is 1. The van der Waals surface area contributed by atoms with Crippen molar-refractivity contribution in [3.05, 3.63) is 65.5 Å². The molecule has 1 saturated heterocycles. The van der Waals surface area contributed by atoms with Gasteiger partial charge in [-0.2, -0.15) is 9.61 Å². The molecule has 5 rings (SSSR count). The van der Waals surface area contributed by atoms with Crippen LogP contribution in [0, 0.1) is 6.92 Å². The number of nitrogens with one attached hydrogen (secondary N) is 1. The van der Waals surface area contributed by atoms with Gasteiger partial charge >= 0.3 is 0 Å². The molecule has 4 heterocycles. The van der Waals surface area contributed by atoms with Gasteiger partial charge in [0.15, 0.2) is 17.8 Å². The number of hydrazine groups is 1. The zero-order valence-electron chi connectivity index (χ0n) is 16.2. The number of ether oxygens (including phenoxy) is 1. The smallest absolute Gasteiger partial charge is 0.170 e. The summed E-state index contributed by atoms with van der Waals surface area (Å²) in [6.07, 6.45) is 4.85. The van der Waals surface area contributed by atoms with Crippen molar-refractivity contribution in [1.82, 2.24) is 20.0 Å². The molecule has 0 bridgehead atoms. The molecule has 2 aliphatic rings. The standard InChI is InChI=1S/C21H22N6O2/c1-15-3-2-4-16(11-15)18-5-6-26(24-18)19-13-21(25-7-9-29-10-8-25)27-20(22-19)12-17(14-28)23-27/h2-6,11-14,18,24H,7-10H2,1H3. The number of nitrogens with zero attached hydrogens (tertiary/aromatic N) is 5. The van der Waals surface area contributed by atoms with Crippen LogP contribution in [0.5, 0.6) is 0 Å². The van der Waals surface area contributed by atoms with Crippen molar-refractivity contribution in [3.63, 3.8) is 0 Å². The molecule has 29 heavy (non-hydrogen) atoms. The Labute approximate surface area is 168 Å². The number of aromatic nitrogens is 3. The Bertz CT molecular complexity index is 1090. The van der Waals surface area contributed by atoms with Crippen LogP contribution in [-0.2, 0) is 4.74 Å². The highest BCUT2D eigenvalue weighted by atomic mass is 16.5. The van der Waals surface area contributed by atoms with Crippen molar-refractivity contribution >= 4 is 23.6 Å². The molecule has 1 atom stereocenters. The first-order valence-corrected chi connectivity index (χ1v) is 9.70. The number of morpholine rings is 1. The maximum Gasteiger partial charge on any atom is 0.170 e. The Kier molecular flexibility index (Phi) is 4.49. The number of benzene rings is 1. The Morgan fingerprint density at radius 2 is 2.07 bits per heavy atom. The van der Waals surface area contributed by atoms with Gasteiger partial charge in [-0.1, -0.05) is 29.8 Å². The zero-order valence-corrected chi connectivity index (χ0v) is 16.2. The van der Waals surface area contributed by atoms with Gasteiger partial charge in [0.25, 0.3) is 0 Å². The van der Waals surface area contributed by atoms with Gasteiger partial charge in [-0.05, 0) is 18.6 Å². The fourth-order valence-electron chi connectivity index (χ4n) is 3.76. The van der Waals surface area contributed by atoms with Crippen molar-refractivity contribution in [1.29, 1.82) is 0 Å². The normalized spacial score (nSPS) is 19.3. The topological polar surface area (TPSA) is 75.0 Å². The first-order chi connectivity index (χ1) is 14.2. The number of aldehydes is 1. The lowest BCUT2D eigenvalue weighted by atomic mass is 10.1. The molecule has 8 nitrogen and oxygen atoms in total. The van der Waals surface area contributed by atoms with E-state index in [-0.39, 0.29) is 6.04 Å². The van der Waals surface area contributed by atoms with Crippen molar-refractivity contribution in [3.8, 4) is 0 Å². The predicted octanol–water partition coefficient (Wildman–Crippen LogP) is 2.27. The van der Waals surface area contributed by atoms with Crippen LogP contribution in [0.4, 0.5) is 11.6 Å². The van der Waals surface area contributed by atoms with Crippen LogP contribution in [0.1, 0.15) is 27.7 Å². The maximum absolute atomic E-state index is 11.3. The summed E-state index contributed by atoms with van der Waals surface area (Å²) in [5.41, 5.74) is 6.92. The summed E-state index contributed by atoms with van der Waals surface area (Å²) < 4.78 is 7.22. The van der Waals surface area contributed by atoms with Crippen LogP contribution in [0.25, 0.3) is 5.65 Å². The van der Waals surface area contributed by atoms with Crippen molar-refractivity contribution < 1.29 is 9.53 Å². The van der Waals surface area contributed by atoms with Crippen molar-refractivity contribution in [2.45, 2.75) is 13.0 Å². The molecule has 0 amide bonds. The number of carbonyl (C=O) groups excluding carboxylic acids is 1. The average molecular weight is 390 g/mol. The van der Waals surface area contributed by atoms with Crippen LogP contribution < -0.4 is 15.3 Å². The largest absolute Gasteiger partial charge is 0.378 e. The van der Waals surface area contributed by atoms with Crippen LogP contribution in [-0.4, -0.2) is 47.2 Å². The van der Waals surface area contributed by atoms with Gasteiger partial charge in [-0.25, -0.2) is 10.4 Å². The van der Waals surface area contributed by atoms with Crippen molar-refractivity contribution in [2.24, 2.45) is 0 Å². The van der Waals surface area contributed by atoms with E-state index in [1.807, 2.05) is 17.3 Å². The lowest BCUT2D eigenvalue weighted by molar-refractivity contribution is 0.111. The monoisotopic (exact) mass is 390 g/mol. The van der Waals surface area contributed by atoms with Gasteiger partial charge in [-0.15, -0.1) is 0 Å². The number of rotatable bonds is 4. The fraction of sp³-hybridized carbons (Fsp3) is 0.286. The maximum atomic E-state index is 11.3. The van der Waals surface area contributed by atoms with Crippen LogP contribution >= 0.6 is 0 Å². The molecule has 0 radical (unpaired) electrons. The highest BCUT2D eigenvalue weighted by molar-refractivity contribution is 5.75. The molecule has 148 valence electrons. The number of hydrogen-bond donors (Lipinski definition) is 1. The zero-order chi connectivity index (χ0) is 19.8. The molecule has 1 unspecified atom stereocenters. The lowest BCUT2D eigenvalue weighted by Gasteiger charge is -2.29. The molecule has 0 saturated carbocycles. The Hall–Kier alpha value is -3.23. The minimum atomic E-state index is 0.0789. The van der Waals surface area contributed by atoms with Gasteiger partial charge in [0.05, 0.1) is 19.3 Å². The van der Waals surface area contributed by atoms with Gasteiger partial charge in [-0.3, -0.25) is 9.80 Å². The Balaban J connectivity index is 1.50. The van der Waals surface area contributed by atoms with E-state index in [4.69, 9.17) is 9.72 Å². The molecule has 1 aromatic carbocycles. The van der Waals surface area contributed by atoms with Gasteiger partial charge in [0.2, 0.25) is 0 Å². The average Bonchev–Trinajstić information content (AvgIpc) is 3.41. The van der Waals surface area contributed by atoms with E-state index in [0.717, 1.165) is 31.0 Å². The summed E-state index contributed by atoms with van der Waals surface area (Å²) in [5, 5.41) is 6.31. The molecule has 3 aromatic rings. The SMILES string of the molecule is Cc1cccc(C2C=CN(c3cc(N4CCOCC4)n4nc(C=O)cc4n3)N2)c1. The highest BCUT2D eigenvalue weighted by Gasteiger charge is 2.23. The van der Waals surface area contributed by atoms with E-state index in [2.05, 4.69) is 52.7 Å². The first kappa shape index (κ1) is 17.8. The second-order valence-electron chi connectivity index (χ2n) is 7.26. The summed E-state index contributed by atoms with van der Waals surface area (Å²) >= 11 is 0.